The van der Waals surface area contributed by atoms with Crippen molar-refractivity contribution in [3.05, 3.63) is 94.3 Å². The van der Waals surface area contributed by atoms with Gasteiger partial charge in [0.1, 0.15) is 11.4 Å². The van der Waals surface area contributed by atoms with Crippen LogP contribution in [-0.2, 0) is 4.79 Å². The number of nitro groups is 1. The molecule has 0 atom stereocenters. The number of nitrogens with one attached hydrogen (secondary N) is 1. The summed E-state index contributed by atoms with van der Waals surface area (Å²) in [6.45, 7) is 2.14. The Morgan fingerprint density at radius 3 is 2.40 bits per heavy atom. The van der Waals surface area contributed by atoms with Crippen molar-refractivity contribution in [1.82, 2.24) is 15.1 Å². The van der Waals surface area contributed by atoms with Crippen molar-refractivity contribution in [2.24, 2.45) is 0 Å². The molecule has 1 fully saturated rings. The number of rotatable bonds is 8. The third-order valence-electron chi connectivity index (χ3n) is 6.25. The molecule has 13 heteroatoms. The quantitative estimate of drug-likeness (QED) is 0.187. The predicted octanol–water partition coefficient (Wildman–Crippen LogP) is 4.48. The number of nitro benzene ring substituents is 1. The molecule has 1 N–H and O–H groups in total. The molecule has 5 rings (SSSR count). The first-order valence-electron chi connectivity index (χ1n) is 12.3. The summed E-state index contributed by atoms with van der Waals surface area (Å²) >= 11 is 1.02. The van der Waals surface area contributed by atoms with Crippen LogP contribution in [0.2, 0.25) is 0 Å². The van der Waals surface area contributed by atoms with Gasteiger partial charge in [-0.1, -0.05) is 36.0 Å². The summed E-state index contributed by atoms with van der Waals surface area (Å²) < 4.78 is 19.5. The molecule has 4 aromatic rings. The molecule has 2 heterocycles. The van der Waals surface area contributed by atoms with E-state index in [4.69, 9.17) is 4.42 Å². The fourth-order valence-corrected chi connectivity index (χ4v) is 4.81. The molecule has 40 heavy (non-hydrogen) atoms. The molecule has 1 aromatic heterocycles. The minimum Gasteiger partial charge on any atom is -0.411 e. The number of amides is 2. The van der Waals surface area contributed by atoms with Crippen molar-refractivity contribution in [2.75, 3.05) is 42.1 Å². The number of hydrogen-bond acceptors (Lipinski definition) is 9. The van der Waals surface area contributed by atoms with Gasteiger partial charge in [0, 0.05) is 43.6 Å². The third kappa shape index (κ3) is 6.10. The molecular formula is C27H23FN6O5S. The number of piperazine rings is 1. The van der Waals surface area contributed by atoms with Crippen molar-refractivity contribution < 1.29 is 23.3 Å². The van der Waals surface area contributed by atoms with E-state index in [0.717, 1.165) is 17.4 Å². The molecule has 0 aliphatic carbocycles. The minimum atomic E-state index is -0.528. The molecule has 1 saturated heterocycles. The Hall–Kier alpha value is -4.78. The van der Waals surface area contributed by atoms with Crippen LogP contribution in [0.25, 0.3) is 11.5 Å². The summed E-state index contributed by atoms with van der Waals surface area (Å²) in [4.78, 5) is 39.6. The molecule has 0 spiro atoms. The van der Waals surface area contributed by atoms with Crippen LogP contribution in [0.5, 0.6) is 0 Å². The fraction of sp³-hybridized carbons (Fsp3) is 0.185. The Balaban J connectivity index is 1.11. The monoisotopic (exact) mass is 562 g/mol. The lowest BCUT2D eigenvalue weighted by Gasteiger charge is -2.36. The highest BCUT2D eigenvalue weighted by Gasteiger charge is 2.24. The second kappa shape index (κ2) is 11.9. The molecule has 204 valence electrons. The average Bonchev–Trinajstić information content (AvgIpc) is 3.45. The van der Waals surface area contributed by atoms with Gasteiger partial charge in [-0.2, -0.15) is 0 Å². The molecule has 1 aliphatic rings. The van der Waals surface area contributed by atoms with E-state index >= 15 is 0 Å². The molecule has 1 aliphatic heterocycles. The highest BCUT2D eigenvalue weighted by Crippen LogP contribution is 2.30. The van der Waals surface area contributed by atoms with E-state index in [0.29, 0.717) is 31.9 Å². The third-order valence-corrected chi connectivity index (χ3v) is 7.07. The van der Waals surface area contributed by atoms with E-state index in [-0.39, 0.29) is 45.5 Å². The van der Waals surface area contributed by atoms with E-state index in [2.05, 4.69) is 20.4 Å². The number of benzene rings is 3. The molecule has 0 unspecified atom stereocenters. The number of anilines is 2. The van der Waals surface area contributed by atoms with Crippen molar-refractivity contribution in [3.63, 3.8) is 0 Å². The second-order valence-corrected chi connectivity index (χ2v) is 9.72. The fourth-order valence-electron chi connectivity index (χ4n) is 4.24. The van der Waals surface area contributed by atoms with E-state index in [1.54, 1.807) is 41.3 Å². The van der Waals surface area contributed by atoms with E-state index in [1.165, 1.54) is 24.3 Å². The predicted molar refractivity (Wildman–Crippen MR) is 147 cm³/mol. The van der Waals surface area contributed by atoms with Crippen LogP contribution in [-0.4, -0.2) is 63.8 Å². The summed E-state index contributed by atoms with van der Waals surface area (Å²) in [5.41, 5.74) is 1.68. The van der Waals surface area contributed by atoms with Gasteiger partial charge in [0.15, 0.2) is 0 Å². The molecular weight excluding hydrogens is 539 g/mol. The van der Waals surface area contributed by atoms with Crippen LogP contribution in [0.4, 0.5) is 21.5 Å². The zero-order valence-electron chi connectivity index (χ0n) is 21.0. The van der Waals surface area contributed by atoms with Gasteiger partial charge in [0.25, 0.3) is 22.7 Å². The van der Waals surface area contributed by atoms with Crippen molar-refractivity contribution in [1.29, 1.82) is 0 Å². The second-order valence-electron chi connectivity index (χ2n) is 8.79. The maximum absolute atomic E-state index is 14.0. The SMILES string of the molecule is O=C(CSc1nnc(-c2ccccc2[N+](=O)[O-])o1)Nc1ccc(N2CCN(C(=O)c3ccccc3F)CC2)cc1. The summed E-state index contributed by atoms with van der Waals surface area (Å²) in [5, 5.41) is 21.9. The maximum Gasteiger partial charge on any atom is 0.282 e. The first-order chi connectivity index (χ1) is 19.4. The van der Waals surface area contributed by atoms with Gasteiger partial charge < -0.3 is 19.5 Å². The Morgan fingerprint density at radius 1 is 0.975 bits per heavy atom. The highest BCUT2D eigenvalue weighted by molar-refractivity contribution is 7.99. The molecule has 3 aromatic carbocycles. The Bertz CT molecular complexity index is 1540. The van der Waals surface area contributed by atoms with Gasteiger partial charge in [-0.3, -0.25) is 19.7 Å². The molecule has 0 saturated carbocycles. The smallest absolute Gasteiger partial charge is 0.282 e. The van der Waals surface area contributed by atoms with Crippen LogP contribution in [0.3, 0.4) is 0 Å². The molecule has 0 radical (unpaired) electrons. The highest BCUT2D eigenvalue weighted by atomic mass is 32.2. The van der Waals surface area contributed by atoms with Crippen molar-refractivity contribution in [2.45, 2.75) is 5.22 Å². The van der Waals surface area contributed by atoms with Crippen LogP contribution in [0.15, 0.2) is 82.4 Å². The lowest BCUT2D eigenvalue weighted by molar-refractivity contribution is -0.384. The zero-order valence-corrected chi connectivity index (χ0v) is 21.8. The number of aromatic nitrogens is 2. The van der Waals surface area contributed by atoms with Crippen LogP contribution < -0.4 is 10.2 Å². The number of hydrogen-bond donors (Lipinski definition) is 1. The van der Waals surface area contributed by atoms with Crippen LogP contribution in [0.1, 0.15) is 10.4 Å². The largest absolute Gasteiger partial charge is 0.411 e. The van der Waals surface area contributed by atoms with Crippen molar-refractivity contribution in [3.8, 4) is 11.5 Å². The Kier molecular flexibility index (Phi) is 8.01. The first-order valence-corrected chi connectivity index (χ1v) is 13.3. The number of thioether (sulfide) groups is 1. The number of carbonyl (C=O) groups is 2. The van der Waals surface area contributed by atoms with Gasteiger partial charge in [-0.05, 0) is 42.5 Å². The van der Waals surface area contributed by atoms with Gasteiger partial charge in [-0.25, -0.2) is 4.39 Å². The standard InChI is InChI=1S/C27H23FN6O5S/c28-22-7-3-1-5-20(22)26(36)33-15-13-32(14-16-33)19-11-9-18(10-12-19)29-24(35)17-40-27-31-30-25(39-27)21-6-2-4-8-23(21)34(37)38/h1-12H,13-17H2,(H,29,35). The van der Waals surface area contributed by atoms with E-state index in [1.807, 2.05) is 12.1 Å². The lowest BCUT2D eigenvalue weighted by atomic mass is 10.1. The molecule has 0 bridgehead atoms. The Labute approximate surface area is 232 Å². The first kappa shape index (κ1) is 26.8. The van der Waals surface area contributed by atoms with Crippen LogP contribution >= 0.6 is 11.8 Å². The number of para-hydroxylation sites is 1. The Morgan fingerprint density at radius 2 is 1.68 bits per heavy atom. The minimum absolute atomic E-state index is 0.00172. The average molecular weight is 563 g/mol. The normalized spacial score (nSPS) is 13.2. The lowest BCUT2D eigenvalue weighted by Crippen LogP contribution is -2.49. The van der Waals surface area contributed by atoms with Gasteiger partial charge in [0.2, 0.25) is 5.91 Å². The summed E-state index contributed by atoms with van der Waals surface area (Å²) in [6, 6.07) is 19.4. The number of carbonyl (C=O) groups excluding carboxylic acids is 2. The number of nitrogens with zero attached hydrogens (tertiary/aromatic N) is 5. The van der Waals surface area contributed by atoms with Crippen LogP contribution in [0, 0.1) is 15.9 Å². The van der Waals surface area contributed by atoms with E-state index in [9.17, 15) is 24.1 Å². The maximum atomic E-state index is 14.0. The zero-order chi connectivity index (χ0) is 28.1. The summed E-state index contributed by atoms with van der Waals surface area (Å²) in [6.07, 6.45) is 0. The van der Waals surface area contributed by atoms with E-state index < -0.39 is 10.7 Å². The molecule has 11 nitrogen and oxygen atoms in total. The van der Waals surface area contributed by atoms with Gasteiger partial charge >= 0.3 is 0 Å². The number of halogens is 1. The van der Waals surface area contributed by atoms with Gasteiger partial charge in [0.05, 0.1) is 16.2 Å². The summed E-state index contributed by atoms with van der Waals surface area (Å²) in [5.74, 6) is -1.12. The summed E-state index contributed by atoms with van der Waals surface area (Å²) in [7, 11) is 0. The van der Waals surface area contributed by atoms with Crippen molar-refractivity contribution >= 4 is 40.6 Å². The van der Waals surface area contributed by atoms with Gasteiger partial charge in [-0.15, -0.1) is 10.2 Å². The topological polar surface area (TPSA) is 135 Å². The molecule has 2 amide bonds.